The highest BCUT2D eigenvalue weighted by Crippen LogP contribution is 2.32. The first-order chi connectivity index (χ1) is 9.63. The first kappa shape index (κ1) is 14.1. The molecule has 20 heavy (non-hydrogen) atoms. The number of thiophene rings is 1. The topological polar surface area (TPSA) is 23.6 Å². The number of piperidine rings is 1. The summed E-state index contributed by atoms with van der Waals surface area (Å²) in [6, 6.07) is 2.69. The van der Waals surface area contributed by atoms with Crippen LogP contribution in [0.4, 0.5) is 0 Å². The lowest BCUT2D eigenvalue weighted by atomic mass is 9.88. The highest BCUT2D eigenvalue weighted by atomic mass is 32.1. The van der Waals surface area contributed by atoms with Crippen LogP contribution in [0.1, 0.15) is 25.8 Å². The Bertz CT molecular complexity index is 457. The van der Waals surface area contributed by atoms with E-state index >= 15 is 0 Å². The third kappa shape index (κ3) is 2.91. The van der Waals surface area contributed by atoms with Gasteiger partial charge in [-0.2, -0.15) is 11.3 Å². The zero-order valence-corrected chi connectivity index (χ0v) is 13.2. The molecule has 0 spiro atoms. The van der Waals surface area contributed by atoms with Crippen molar-refractivity contribution >= 4 is 17.2 Å². The maximum atomic E-state index is 12.4. The number of carbonyl (C=O) groups excluding carboxylic acids is 1. The normalized spacial score (nSPS) is 27.1. The predicted octanol–water partition coefficient (Wildman–Crippen LogP) is 2.48. The SMILES string of the molecule is CC(C)N1CC[C@@H]2CN(C(=O)Cc3ccsc3)C[C@@H]2C1. The molecule has 4 heteroatoms. The second kappa shape index (κ2) is 5.86. The van der Waals surface area contributed by atoms with Gasteiger partial charge in [-0.3, -0.25) is 4.79 Å². The monoisotopic (exact) mass is 292 g/mol. The summed E-state index contributed by atoms with van der Waals surface area (Å²) >= 11 is 1.67. The van der Waals surface area contributed by atoms with E-state index in [1.54, 1.807) is 11.3 Å². The van der Waals surface area contributed by atoms with Gasteiger partial charge < -0.3 is 9.80 Å². The first-order valence-electron chi connectivity index (χ1n) is 7.66. The molecule has 1 aromatic heterocycles. The Morgan fingerprint density at radius 3 is 2.85 bits per heavy atom. The fourth-order valence-electron chi connectivity index (χ4n) is 3.55. The molecule has 0 aromatic carbocycles. The van der Waals surface area contributed by atoms with Crippen LogP contribution in [0.25, 0.3) is 0 Å². The Kier molecular flexibility index (Phi) is 4.13. The van der Waals surface area contributed by atoms with Gasteiger partial charge in [0.15, 0.2) is 0 Å². The molecule has 3 rings (SSSR count). The van der Waals surface area contributed by atoms with E-state index in [0.717, 1.165) is 19.0 Å². The molecule has 0 bridgehead atoms. The summed E-state index contributed by atoms with van der Waals surface area (Å²) in [7, 11) is 0. The summed E-state index contributed by atoms with van der Waals surface area (Å²) in [5.74, 6) is 1.74. The van der Waals surface area contributed by atoms with Crippen molar-refractivity contribution in [1.82, 2.24) is 9.80 Å². The summed E-state index contributed by atoms with van der Waals surface area (Å²) in [4.78, 5) is 17.1. The van der Waals surface area contributed by atoms with Crippen LogP contribution in [0, 0.1) is 11.8 Å². The lowest BCUT2D eigenvalue weighted by Crippen LogP contribution is -2.43. The third-order valence-corrected chi connectivity index (χ3v) is 5.58. The van der Waals surface area contributed by atoms with Crippen LogP contribution in [-0.2, 0) is 11.2 Å². The van der Waals surface area contributed by atoms with Gasteiger partial charge in [-0.1, -0.05) is 0 Å². The van der Waals surface area contributed by atoms with Gasteiger partial charge in [0.1, 0.15) is 0 Å². The molecule has 0 saturated carbocycles. The minimum atomic E-state index is 0.314. The summed E-state index contributed by atoms with van der Waals surface area (Å²) in [6.07, 6.45) is 1.84. The van der Waals surface area contributed by atoms with Crippen molar-refractivity contribution in [2.45, 2.75) is 32.7 Å². The van der Waals surface area contributed by atoms with Crippen LogP contribution in [0.5, 0.6) is 0 Å². The lowest BCUT2D eigenvalue weighted by Gasteiger charge is -2.36. The largest absolute Gasteiger partial charge is 0.342 e. The minimum absolute atomic E-state index is 0.314. The maximum absolute atomic E-state index is 12.4. The van der Waals surface area contributed by atoms with Gasteiger partial charge >= 0.3 is 0 Å². The van der Waals surface area contributed by atoms with Gasteiger partial charge in [-0.25, -0.2) is 0 Å². The molecule has 3 nitrogen and oxygen atoms in total. The van der Waals surface area contributed by atoms with E-state index in [-0.39, 0.29) is 0 Å². The Morgan fingerprint density at radius 1 is 1.35 bits per heavy atom. The van der Waals surface area contributed by atoms with Crippen LogP contribution in [0.2, 0.25) is 0 Å². The number of hydrogen-bond acceptors (Lipinski definition) is 3. The van der Waals surface area contributed by atoms with Gasteiger partial charge in [0, 0.05) is 25.7 Å². The second-order valence-corrected chi connectivity index (χ2v) is 7.28. The molecule has 0 radical (unpaired) electrons. The molecular formula is C16H24N2OS. The lowest BCUT2D eigenvalue weighted by molar-refractivity contribution is -0.129. The fourth-order valence-corrected chi connectivity index (χ4v) is 4.22. The van der Waals surface area contributed by atoms with E-state index in [9.17, 15) is 4.79 Å². The van der Waals surface area contributed by atoms with Crippen LogP contribution >= 0.6 is 11.3 Å². The van der Waals surface area contributed by atoms with Crippen molar-refractivity contribution in [2.24, 2.45) is 11.8 Å². The third-order valence-electron chi connectivity index (χ3n) is 4.85. The first-order valence-corrected chi connectivity index (χ1v) is 8.60. The van der Waals surface area contributed by atoms with E-state index in [1.807, 2.05) is 5.38 Å². The molecule has 1 aromatic rings. The molecule has 2 atom stereocenters. The van der Waals surface area contributed by atoms with E-state index in [2.05, 4.69) is 35.1 Å². The van der Waals surface area contributed by atoms with Gasteiger partial charge in [0.05, 0.1) is 6.42 Å². The average Bonchev–Trinajstić information content (AvgIpc) is 3.05. The Hall–Kier alpha value is -0.870. The summed E-state index contributed by atoms with van der Waals surface area (Å²) < 4.78 is 0. The summed E-state index contributed by atoms with van der Waals surface area (Å²) in [6.45, 7) is 8.87. The van der Waals surface area contributed by atoms with Crippen molar-refractivity contribution in [2.75, 3.05) is 26.2 Å². The fraction of sp³-hybridized carbons (Fsp3) is 0.688. The number of hydrogen-bond donors (Lipinski definition) is 0. The molecule has 0 aliphatic carbocycles. The number of nitrogens with zero attached hydrogens (tertiary/aromatic N) is 2. The van der Waals surface area contributed by atoms with Crippen molar-refractivity contribution in [1.29, 1.82) is 0 Å². The number of fused-ring (bicyclic) bond motifs is 1. The smallest absolute Gasteiger partial charge is 0.227 e. The van der Waals surface area contributed by atoms with Crippen LogP contribution in [0.15, 0.2) is 16.8 Å². The molecule has 3 heterocycles. The maximum Gasteiger partial charge on any atom is 0.227 e. The number of likely N-dealkylation sites (tertiary alicyclic amines) is 2. The quantitative estimate of drug-likeness (QED) is 0.854. The van der Waals surface area contributed by atoms with E-state index < -0.39 is 0 Å². The Labute approximate surface area is 125 Å². The molecule has 2 aliphatic heterocycles. The number of amides is 1. The number of rotatable bonds is 3. The van der Waals surface area contributed by atoms with Gasteiger partial charge in [-0.15, -0.1) is 0 Å². The highest BCUT2D eigenvalue weighted by molar-refractivity contribution is 7.07. The van der Waals surface area contributed by atoms with Crippen LogP contribution in [-0.4, -0.2) is 47.9 Å². The second-order valence-electron chi connectivity index (χ2n) is 6.50. The predicted molar refractivity (Wildman–Crippen MR) is 82.9 cm³/mol. The van der Waals surface area contributed by atoms with Crippen molar-refractivity contribution in [3.05, 3.63) is 22.4 Å². The molecule has 0 unspecified atom stereocenters. The van der Waals surface area contributed by atoms with Crippen molar-refractivity contribution in [3.8, 4) is 0 Å². The highest BCUT2D eigenvalue weighted by Gasteiger charge is 2.38. The molecule has 110 valence electrons. The zero-order chi connectivity index (χ0) is 14.1. The molecule has 2 saturated heterocycles. The van der Waals surface area contributed by atoms with Gasteiger partial charge in [0.2, 0.25) is 5.91 Å². The van der Waals surface area contributed by atoms with E-state index in [1.165, 1.54) is 25.1 Å². The standard InChI is InChI=1S/C16H24N2OS/c1-12(2)17-5-3-14-8-18(10-15(14)9-17)16(19)7-13-4-6-20-11-13/h4,6,11-12,14-15H,3,5,7-10H2,1-2H3/t14-,15+/m1/s1. The average molecular weight is 292 g/mol. The molecule has 0 N–H and O–H groups in total. The van der Waals surface area contributed by atoms with Crippen LogP contribution < -0.4 is 0 Å². The Morgan fingerprint density at radius 2 is 2.15 bits per heavy atom. The number of carbonyl (C=O) groups is 1. The van der Waals surface area contributed by atoms with Gasteiger partial charge in [-0.05, 0) is 61.0 Å². The van der Waals surface area contributed by atoms with E-state index in [0.29, 0.717) is 24.3 Å². The molecule has 2 fully saturated rings. The van der Waals surface area contributed by atoms with Crippen LogP contribution in [0.3, 0.4) is 0 Å². The molecular weight excluding hydrogens is 268 g/mol. The minimum Gasteiger partial charge on any atom is -0.342 e. The molecule has 1 amide bonds. The Balaban J connectivity index is 1.57. The van der Waals surface area contributed by atoms with Crippen molar-refractivity contribution < 1.29 is 4.79 Å². The molecule has 2 aliphatic rings. The van der Waals surface area contributed by atoms with Crippen molar-refractivity contribution in [3.63, 3.8) is 0 Å². The van der Waals surface area contributed by atoms with E-state index in [4.69, 9.17) is 0 Å². The summed E-state index contributed by atoms with van der Waals surface area (Å²) in [5.41, 5.74) is 1.17. The van der Waals surface area contributed by atoms with Gasteiger partial charge in [0.25, 0.3) is 0 Å². The summed E-state index contributed by atoms with van der Waals surface area (Å²) in [5, 5.41) is 4.13. The zero-order valence-electron chi connectivity index (χ0n) is 12.4.